The summed E-state index contributed by atoms with van der Waals surface area (Å²) in [5, 5.41) is 23.9. The van der Waals surface area contributed by atoms with Crippen molar-refractivity contribution in [3.8, 4) is 0 Å². The minimum Gasteiger partial charge on any atom is -0.388 e. The molecule has 2 aromatic rings. The Morgan fingerprint density at radius 3 is 2.81 bits per heavy atom. The van der Waals surface area contributed by atoms with Gasteiger partial charge in [0.05, 0.1) is 12.4 Å². The predicted octanol–water partition coefficient (Wildman–Crippen LogP) is 0.660. The number of ether oxygens (including phenoxy) is 1. The molecule has 9 nitrogen and oxygen atoms in total. The van der Waals surface area contributed by atoms with E-state index in [1.54, 1.807) is 0 Å². The van der Waals surface area contributed by atoms with Gasteiger partial charge in [-0.25, -0.2) is 4.98 Å². The molecule has 3 rings (SSSR count). The minimum atomic E-state index is -1.27. The van der Waals surface area contributed by atoms with Gasteiger partial charge >= 0.3 is 0 Å². The summed E-state index contributed by atoms with van der Waals surface area (Å²) in [5.41, 5.74) is 0.0976. The SMILES string of the molecule is C=P(C)(C)CC[C@H]1OC(n2cnc3c(=O)[nH]c(NCCC)nc32)[C@H](O)[C@@H]1O. The average molecular weight is 397 g/mol. The molecule has 150 valence electrons. The fourth-order valence-corrected chi connectivity index (χ4v) is 4.07. The largest absolute Gasteiger partial charge is 0.388 e. The number of nitrogens with zero attached hydrogens (tertiary/aromatic N) is 3. The van der Waals surface area contributed by atoms with Crippen LogP contribution >= 0.6 is 6.89 Å². The van der Waals surface area contributed by atoms with E-state index < -0.39 is 31.4 Å². The first-order chi connectivity index (χ1) is 12.7. The van der Waals surface area contributed by atoms with Crippen LogP contribution in [0.5, 0.6) is 0 Å². The maximum Gasteiger partial charge on any atom is 0.280 e. The van der Waals surface area contributed by atoms with E-state index in [9.17, 15) is 15.0 Å². The number of fused-ring (bicyclic) bond motifs is 1. The molecule has 0 saturated carbocycles. The number of hydrogen-bond acceptors (Lipinski definition) is 7. The second-order valence-corrected chi connectivity index (χ2v) is 12.0. The number of H-pyrrole nitrogens is 1. The molecule has 1 aliphatic heterocycles. The maximum atomic E-state index is 12.2. The van der Waals surface area contributed by atoms with Gasteiger partial charge in [0.15, 0.2) is 17.4 Å². The molecule has 0 amide bonds. The molecule has 4 N–H and O–H groups in total. The lowest BCUT2D eigenvalue weighted by molar-refractivity contribution is -0.0353. The van der Waals surface area contributed by atoms with Crippen molar-refractivity contribution in [1.82, 2.24) is 19.5 Å². The highest BCUT2D eigenvalue weighted by molar-refractivity contribution is 7.72. The highest BCUT2D eigenvalue weighted by Gasteiger charge is 2.44. The predicted molar refractivity (Wildman–Crippen MR) is 108 cm³/mol. The Kier molecular flexibility index (Phi) is 5.76. The van der Waals surface area contributed by atoms with E-state index in [0.717, 1.165) is 12.6 Å². The topological polar surface area (TPSA) is 125 Å². The second kappa shape index (κ2) is 7.75. The van der Waals surface area contributed by atoms with Gasteiger partial charge in [0, 0.05) is 6.54 Å². The van der Waals surface area contributed by atoms with Gasteiger partial charge in [0.25, 0.3) is 5.56 Å². The summed E-state index contributed by atoms with van der Waals surface area (Å²) >= 11 is 0. The first-order valence-electron chi connectivity index (χ1n) is 9.11. The number of nitrogens with one attached hydrogen (secondary N) is 2. The molecule has 1 fully saturated rings. The molecule has 0 aromatic carbocycles. The van der Waals surface area contributed by atoms with Crippen molar-refractivity contribution >= 4 is 30.3 Å². The third kappa shape index (κ3) is 4.27. The number of rotatable bonds is 7. The number of imidazole rings is 1. The first kappa shape index (κ1) is 20.1. The molecule has 4 atom stereocenters. The molecule has 0 aliphatic carbocycles. The second-order valence-electron chi connectivity index (χ2n) is 7.66. The summed E-state index contributed by atoms with van der Waals surface area (Å²) < 4.78 is 7.45. The summed E-state index contributed by atoms with van der Waals surface area (Å²) in [6, 6.07) is 0. The smallest absolute Gasteiger partial charge is 0.280 e. The highest BCUT2D eigenvalue weighted by atomic mass is 31.2. The van der Waals surface area contributed by atoms with Crippen LogP contribution in [0.15, 0.2) is 11.1 Å². The Bertz CT molecular complexity index is 904. The first-order valence-corrected chi connectivity index (χ1v) is 12.2. The minimum absolute atomic E-state index is 0.163. The highest BCUT2D eigenvalue weighted by Crippen LogP contribution is 2.39. The van der Waals surface area contributed by atoms with Gasteiger partial charge in [0.1, 0.15) is 12.2 Å². The van der Waals surface area contributed by atoms with Crippen LogP contribution in [0.4, 0.5) is 5.95 Å². The van der Waals surface area contributed by atoms with Crippen molar-refractivity contribution in [3.63, 3.8) is 0 Å². The summed E-state index contributed by atoms with van der Waals surface area (Å²) in [4.78, 5) is 23.4. The molecule has 3 heterocycles. The van der Waals surface area contributed by atoms with Crippen LogP contribution in [0.25, 0.3) is 11.2 Å². The van der Waals surface area contributed by atoms with Crippen molar-refractivity contribution in [3.05, 3.63) is 16.7 Å². The van der Waals surface area contributed by atoms with Crippen LogP contribution in [-0.2, 0) is 4.74 Å². The molecule has 1 aliphatic rings. The van der Waals surface area contributed by atoms with Crippen LogP contribution in [-0.4, -0.2) is 80.4 Å². The number of hydrogen-bond donors (Lipinski definition) is 4. The van der Waals surface area contributed by atoms with E-state index in [1.807, 2.05) is 6.92 Å². The van der Waals surface area contributed by atoms with Gasteiger partial charge in [-0.1, -0.05) is 6.92 Å². The Labute approximate surface area is 157 Å². The molecule has 0 radical (unpaired) electrons. The monoisotopic (exact) mass is 397 g/mol. The molecular formula is C17H28N5O4P. The lowest BCUT2D eigenvalue weighted by atomic mass is 10.1. The van der Waals surface area contributed by atoms with E-state index in [2.05, 4.69) is 39.9 Å². The van der Waals surface area contributed by atoms with Crippen molar-refractivity contribution in [2.45, 2.75) is 44.3 Å². The fourth-order valence-electron chi connectivity index (χ4n) is 3.11. The third-order valence-corrected chi connectivity index (χ3v) is 6.07. The summed E-state index contributed by atoms with van der Waals surface area (Å²) in [6.07, 6.45) is 4.43. The van der Waals surface area contributed by atoms with E-state index >= 15 is 0 Å². The average Bonchev–Trinajstić information content (AvgIpc) is 3.13. The quantitative estimate of drug-likeness (QED) is 0.506. The van der Waals surface area contributed by atoms with Crippen molar-refractivity contribution in [1.29, 1.82) is 0 Å². The molecular weight excluding hydrogens is 369 g/mol. The van der Waals surface area contributed by atoms with Gasteiger partial charge in [0.2, 0.25) is 5.95 Å². The summed E-state index contributed by atoms with van der Waals surface area (Å²) in [7, 11) is 0. The normalized spacial score (nSPS) is 26.0. The zero-order valence-corrected chi connectivity index (χ0v) is 16.8. The van der Waals surface area contributed by atoms with Crippen LogP contribution in [0.1, 0.15) is 26.0 Å². The molecule has 0 bridgehead atoms. The van der Waals surface area contributed by atoms with Gasteiger partial charge in [-0.2, -0.15) is 4.98 Å². The van der Waals surface area contributed by atoms with Crippen LogP contribution < -0.4 is 10.9 Å². The number of anilines is 1. The van der Waals surface area contributed by atoms with E-state index in [4.69, 9.17) is 4.74 Å². The van der Waals surface area contributed by atoms with E-state index in [-0.39, 0.29) is 11.1 Å². The number of aromatic nitrogens is 4. The number of aliphatic hydroxyl groups is 2. The molecule has 1 saturated heterocycles. The lowest BCUT2D eigenvalue weighted by Gasteiger charge is -2.18. The Morgan fingerprint density at radius 2 is 2.15 bits per heavy atom. The number of aromatic amines is 1. The standard InChI is InChI=1S/C17H28N5O4P/c1-5-7-18-17-20-14-11(15(25)21-17)19-9-22(14)16-13(24)12(23)10(26-16)6-8-27(2,3)4/h9-10,12-13,16,23-24H,2,5-8H2,1,3-4H3,(H2,18,20,21,25)/t10-,12-,13-,16?/m1/s1. The van der Waals surface area contributed by atoms with Crippen LogP contribution in [0.3, 0.4) is 0 Å². The maximum absolute atomic E-state index is 12.2. The van der Waals surface area contributed by atoms with Crippen LogP contribution in [0.2, 0.25) is 0 Å². The zero-order valence-electron chi connectivity index (χ0n) is 15.9. The van der Waals surface area contributed by atoms with Crippen molar-refractivity contribution in [2.24, 2.45) is 0 Å². The molecule has 2 aromatic heterocycles. The zero-order chi connectivity index (χ0) is 19.8. The van der Waals surface area contributed by atoms with Gasteiger partial charge < -0.3 is 20.3 Å². The van der Waals surface area contributed by atoms with Gasteiger partial charge in [-0.05, 0) is 32.3 Å². The van der Waals surface area contributed by atoms with Crippen molar-refractivity contribution < 1.29 is 14.9 Å². The van der Waals surface area contributed by atoms with Gasteiger partial charge in [-0.15, -0.1) is 13.2 Å². The summed E-state index contributed by atoms with van der Waals surface area (Å²) in [6.45, 7) is 5.64. The molecule has 0 spiro atoms. The van der Waals surface area contributed by atoms with E-state index in [0.29, 0.717) is 24.6 Å². The molecule has 27 heavy (non-hydrogen) atoms. The molecule has 1 unspecified atom stereocenters. The van der Waals surface area contributed by atoms with Crippen LogP contribution in [0, 0.1) is 0 Å². The Balaban J connectivity index is 1.89. The number of aliphatic hydroxyl groups excluding tert-OH is 2. The Hall–Kier alpha value is -1.67. The Morgan fingerprint density at radius 1 is 1.41 bits per heavy atom. The third-order valence-electron chi connectivity index (χ3n) is 4.61. The van der Waals surface area contributed by atoms with Gasteiger partial charge in [-0.3, -0.25) is 14.3 Å². The molecule has 10 heteroatoms. The van der Waals surface area contributed by atoms with Crippen molar-refractivity contribution in [2.75, 3.05) is 31.4 Å². The fraction of sp³-hybridized carbons (Fsp3) is 0.647. The summed E-state index contributed by atoms with van der Waals surface area (Å²) in [5.74, 6) is 0.337. The van der Waals surface area contributed by atoms with E-state index in [1.165, 1.54) is 10.9 Å². The lowest BCUT2D eigenvalue weighted by Crippen LogP contribution is -2.32.